The minimum atomic E-state index is 0.0589. The molecule has 0 saturated heterocycles. The number of para-hydroxylation sites is 1. The first-order valence-electron chi connectivity index (χ1n) is 5.49. The van der Waals surface area contributed by atoms with Gasteiger partial charge in [0.2, 0.25) is 0 Å². The molecule has 0 amide bonds. The van der Waals surface area contributed by atoms with Crippen molar-refractivity contribution in [1.29, 1.82) is 0 Å². The molecule has 0 bridgehead atoms. The summed E-state index contributed by atoms with van der Waals surface area (Å²) in [5.74, 6) is 0.915. The second-order valence-corrected chi connectivity index (χ2v) is 6.46. The predicted molar refractivity (Wildman–Crippen MR) is 73.4 cm³/mol. The van der Waals surface area contributed by atoms with Gasteiger partial charge in [0.15, 0.2) is 0 Å². The van der Waals surface area contributed by atoms with Crippen molar-refractivity contribution < 1.29 is 4.74 Å². The Morgan fingerprint density at radius 1 is 1.35 bits per heavy atom. The van der Waals surface area contributed by atoms with E-state index in [0.717, 1.165) is 21.5 Å². The second-order valence-electron chi connectivity index (χ2n) is 4.17. The summed E-state index contributed by atoms with van der Waals surface area (Å²) in [6.07, 6.45) is 0.905. The summed E-state index contributed by atoms with van der Waals surface area (Å²) >= 11 is 5.15. The van der Waals surface area contributed by atoms with Crippen molar-refractivity contribution in [3.8, 4) is 5.75 Å². The largest absolute Gasteiger partial charge is 0.485 e. The van der Waals surface area contributed by atoms with Crippen molar-refractivity contribution in [3.63, 3.8) is 0 Å². The van der Waals surface area contributed by atoms with Crippen molar-refractivity contribution in [2.75, 3.05) is 0 Å². The molecule has 4 heteroatoms. The minimum Gasteiger partial charge on any atom is -0.485 e. The Balaban J connectivity index is 1.93. The Morgan fingerprint density at radius 2 is 2.18 bits per heavy atom. The SMILES string of the molecule is N[C@@H]1CC(c2csc(Br)c2)Oc2ccccc21. The molecule has 88 valence electrons. The van der Waals surface area contributed by atoms with Crippen LogP contribution in [0, 0.1) is 0 Å². The van der Waals surface area contributed by atoms with Gasteiger partial charge in [-0.1, -0.05) is 18.2 Å². The van der Waals surface area contributed by atoms with Crippen LogP contribution in [0.1, 0.15) is 29.7 Å². The van der Waals surface area contributed by atoms with Gasteiger partial charge < -0.3 is 10.5 Å². The molecule has 1 aromatic heterocycles. The summed E-state index contributed by atoms with van der Waals surface area (Å²) in [5.41, 5.74) is 8.50. The maximum absolute atomic E-state index is 6.19. The van der Waals surface area contributed by atoms with E-state index in [1.165, 1.54) is 5.56 Å². The summed E-state index contributed by atoms with van der Waals surface area (Å²) in [5, 5.41) is 2.12. The lowest BCUT2D eigenvalue weighted by molar-refractivity contribution is 0.162. The summed E-state index contributed by atoms with van der Waals surface area (Å²) in [6.45, 7) is 0. The van der Waals surface area contributed by atoms with E-state index in [-0.39, 0.29) is 12.1 Å². The molecule has 2 N–H and O–H groups in total. The summed E-state index contributed by atoms with van der Waals surface area (Å²) in [6, 6.07) is 10.2. The molecular formula is C13H12BrNOS. The number of ether oxygens (including phenoxy) is 1. The minimum absolute atomic E-state index is 0.0589. The van der Waals surface area contributed by atoms with Gasteiger partial charge in [0.25, 0.3) is 0 Å². The first-order valence-corrected chi connectivity index (χ1v) is 7.16. The second kappa shape index (κ2) is 4.44. The lowest BCUT2D eigenvalue weighted by atomic mass is 9.95. The van der Waals surface area contributed by atoms with Crippen LogP contribution in [0.2, 0.25) is 0 Å². The Hall–Kier alpha value is -0.840. The molecule has 0 saturated carbocycles. The van der Waals surface area contributed by atoms with E-state index in [2.05, 4.69) is 27.4 Å². The van der Waals surface area contributed by atoms with Gasteiger partial charge in [-0.25, -0.2) is 0 Å². The van der Waals surface area contributed by atoms with Gasteiger partial charge in [-0.2, -0.15) is 0 Å². The normalized spacial score (nSPS) is 22.9. The number of hydrogen-bond acceptors (Lipinski definition) is 3. The van der Waals surface area contributed by atoms with Crippen molar-refractivity contribution in [3.05, 3.63) is 50.6 Å². The fourth-order valence-electron chi connectivity index (χ4n) is 2.15. The topological polar surface area (TPSA) is 35.2 Å². The van der Waals surface area contributed by atoms with Crippen molar-refractivity contribution >= 4 is 27.3 Å². The van der Waals surface area contributed by atoms with E-state index in [1.807, 2.05) is 24.3 Å². The average molecular weight is 310 g/mol. The van der Waals surface area contributed by atoms with Crippen LogP contribution in [0.5, 0.6) is 5.75 Å². The maximum Gasteiger partial charge on any atom is 0.126 e. The molecule has 0 radical (unpaired) electrons. The van der Waals surface area contributed by atoms with E-state index in [9.17, 15) is 0 Å². The van der Waals surface area contributed by atoms with E-state index < -0.39 is 0 Å². The van der Waals surface area contributed by atoms with Crippen LogP contribution in [0.25, 0.3) is 0 Å². The number of nitrogens with two attached hydrogens (primary N) is 1. The monoisotopic (exact) mass is 309 g/mol. The highest BCUT2D eigenvalue weighted by atomic mass is 79.9. The standard InChI is InChI=1S/C13H12BrNOS/c14-13-5-8(7-17-13)12-6-10(15)9-3-1-2-4-11(9)16-12/h1-5,7,10,12H,6,15H2/t10-,12?/m1/s1. The van der Waals surface area contributed by atoms with Gasteiger partial charge in [-0.05, 0) is 33.4 Å². The van der Waals surface area contributed by atoms with Crippen molar-refractivity contribution in [2.24, 2.45) is 5.73 Å². The van der Waals surface area contributed by atoms with Crippen molar-refractivity contribution in [2.45, 2.75) is 18.6 Å². The molecule has 1 unspecified atom stereocenters. The summed E-state index contributed by atoms with van der Waals surface area (Å²) < 4.78 is 7.14. The van der Waals surface area contributed by atoms with Gasteiger partial charge >= 0.3 is 0 Å². The number of benzene rings is 1. The number of halogens is 1. The molecule has 0 fully saturated rings. The van der Waals surface area contributed by atoms with E-state index >= 15 is 0 Å². The van der Waals surface area contributed by atoms with E-state index in [0.29, 0.717) is 0 Å². The van der Waals surface area contributed by atoms with Crippen LogP contribution in [0.4, 0.5) is 0 Å². The lowest BCUT2D eigenvalue weighted by Gasteiger charge is -2.29. The summed E-state index contributed by atoms with van der Waals surface area (Å²) in [4.78, 5) is 0. The zero-order valence-corrected chi connectivity index (χ0v) is 11.5. The number of rotatable bonds is 1. The number of thiophene rings is 1. The third-order valence-corrected chi connectivity index (χ3v) is 4.54. The highest BCUT2D eigenvalue weighted by molar-refractivity contribution is 9.11. The van der Waals surface area contributed by atoms with Crippen LogP contribution in [0.3, 0.4) is 0 Å². The molecule has 0 spiro atoms. The predicted octanol–water partition coefficient (Wildman–Crippen LogP) is 4.03. The quantitative estimate of drug-likeness (QED) is 0.863. The molecule has 3 rings (SSSR count). The Kier molecular flexibility index (Phi) is 2.94. The average Bonchev–Trinajstić information content (AvgIpc) is 2.76. The van der Waals surface area contributed by atoms with Crippen LogP contribution in [-0.4, -0.2) is 0 Å². The lowest BCUT2D eigenvalue weighted by Crippen LogP contribution is -2.23. The zero-order valence-electron chi connectivity index (χ0n) is 9.10. The smallest absolute Gasteiger partial charge is 0.126 e. The summed E-state index contributed by atoms with van der Waals surface area (Å²) in [7, 11) is 0. The van der Waals surface area contributed by atoms with Gasteiger partial charge in [0, 0.05) is 23.6 Å². The molecule has 2 heterocycles. The molecular weight excluding hydrogens is 298 g/mol. The molecule has 2 nitrogen and oxygen atoms in total. The first-order chi connectivity index (χ1) is 8.24. The van der Waals surface area contributed by atoms with Crippen LogP contribution in [-0.2, 0) is 0 Å². The molecule has 0 aliphatic carbocycles. The highest BCUT2D eigenvalue weighted by Crippen LogP contribution is 2.40. The van der Waals surface area contributed by atoms with Gasteiger partial charge in [0.05, 0.1) is 3.79 Å². The zero-order chi connectivity index (χ0) is 11.8. The van der Waals surface area contributed by atoms with Crippen LogP contribution < -0.4 is 10.5 Å². The van der Waals surface area contributed by atoms with Crippen LogP contribution in [0.15, 0.2) is 39.5 Å². The van der Waals surface area contributed by atoms with E-state index in [4.69, 9.17) is 10.5 Å². The Bertz CT molecular complexity index is 540. The van der Waals surface area contributed by atoms with Gasteiger partial charge in [-0.3, -0.25) is 0 Å². The van der Waals surface area contributed by atoms with Gasteiger partial charge in [-0.15, -0.1) is 11.3 Å². The van der Waals surface area contributed by atoms with Crippen molar-refractivity contribution in [1.82, 2.24) is 0 Å². The Morgan fingerprint density at radius 3 is 2.94 bits per heavy atom. The van der Waals surface area contributed by atoms with E-state index in [1.54, 1.807) is 11.3 Å². The maximum atomic E-state index is 6.19. The molecule has 2 aromatic rings. The molecule has 1 aliphatic rings. The number of hydrogen-bond donors (Lipinski definition) is 1. The fraction of sp³-hybridized carbons (Fsp3) is 0.231. The number of fused-ring (bicyclic) bond motifs is 1. The molecule has 1 aromatic carbocycles. The van der Waals surface area contributed by atoms with Gasteiger partial charge in [0.1, 0.15) is 11.9 Å². The van der Waals surface area contributed by atoms with Crippen LogP contribution >= 0.6 is 27.3 Å². The third kappa shape index (κ3) is 2.12. The third-order valence-electron chi connectivity index (χ3n) is 3.02. The molecule has 1 aliphatic heterocycles. The first kappa shape index (κ1) is 11.3. The Labute approximate surface area is 113 Å². The fourth-order valence-corrected chi connectivity index (χ4v) is 3.37. The highest BCUT2D eigenvalue weighted by Gasteiger charge is 2.27. The molecule has 17 heavy (non-hydrogen) atoms. The molecule has 2 atom stereocenters.